The molecule has 0 fully saturated rings. The normalized spacial score (nSPS) is 10.4. The Bertz CT molecular complexity index is 978. The van der Waals surface area contributed by atoms with Crippen LogP contribution in [-0.4, -0.2) is 9.91 Å². The van der Waals surface area contributed by atoms with Crippen LogP contribution in [0.3, 0.4) is 0 Å². The fourth-order valence-corrected chi connectivity index (χ4v) is 2.68. The third kappa shape index (κ3) is 2.60. The van der Waals surface area contributed by atoms with Crippen molar-refractivity contribution in [1.29, 1.82) is 5.26 Å². The molecular weight excluding hydrogens is 360 g/mol. The Morgan fingerprint density at radius 1 is 1.22 bits per heavy atom. The third-order valence-electron chi connectivity index (χ3n) is 3.45. The number of rotatable bonds is 2. The Labute approximate surface area is 139 Å². The molecule has 3 aromatic rings. The molecule has 2 aromatic carbocycles. The van der Waals surface area contributed by atoms with Gasteiger partial charge in [-0.25, -0.2) is 4.98 Å². The highest BCUT2D eigenvalue weighted by Crippen LogP contribution is 2.35. The first-order valence-corrected chi connectivity index (χ1v) is 7.34. The number of non-ortho nitro benzene ring substituents is 1. The second kappa shape index (κ2) is 5.66. The van der Waals surface area contributed by atoms with Crippen LogP contribution < -0.4 is 5.73 Å². The van der Waals surface area contributed by atoms with Gasteiger partial charge in [0.1, 0.15) is 17.5 Å². The van der Waals surface area contributed by atoms with Gasteiger partial charge in [0.2, 0.25) is 0 Å². The summed E-state index contributed by atoms with van der Waals surface area (Å²) in [7, 11) is 0. The zero-order valence-electron chi connectivity index (χ0n) is 11.7. The largest absolute Gasteiger partial charge is 0.383 e. The summed E-state index contributed by atoms with van der Waals surface area (Å²) in [5.74, 6) is 0.103. The Hall–Kier alpha value is -2.98. The average Bonchev–Trinajstić information content (AvgIpc) is 2.54. The van der Waals surface area contributed by atoms with E-state index in [-0.39, 0.29) is 17.1 Å². The van der Waals surface area contributed by atoms with Crippen LogP contribution in [-0.2, 0) is 0 Å². The SMILES string of the molecule is N#Cc1c(N)nc2ccc([N+](=O)[O-])cc2c1-c1ccc(Br)cc1. The van der Waals surface area contributed by atoms with Crippen molar-refractivity contribution in [2.24, 2.45) is 0 Å². The van der Waals surface area contributed by atoms with Gasteiger partial charge < -0.3 is 5.73 Å². The van der Waals surface area contributed by atoms with E-state index in [0.717, 1.165) is 10.0 Å². The van der Waals surface area contributed by atoms with E-state index in [1.54, 1.807) is 0 Å². The number of hydrogen-bond acceptors (Lipinski definition) is 5. The Morgan fingerprint density at radius 2 is 1.91 bits per heavy atom. The van der Waals surface area contributed by atoms with E-state index in [4.69, 9.17) is 5.73 Å². The lowest BCUT2D eigenvalue weighted by Gasteiger charge is -2.11. The quantitative estimate of drug-likeness (QED) is 0.542. The van der Waals surface area contributed by atoms with Crippen molar-refractivity contribution in [2.75, 3.05) is 5.73 Å². The molecule has 3 rings (SSSR count). The summed E-state index contributed by atoms with van der Waals surface area (Å²) in [4.78, 5) is 14.7. The van der Waals surface area contributed by atoms with E-state index < -0.39 is 4.92 Å². The molecule has 0 bridgehead atoms. The lowest BCUT2D eigenvalue weighted by Crippen LogP contribution is -2.00. The maximum Gasteiger partial charge on any atom is 0.270 e. The van der Waals surface area contributed by atoms with Gasteiger partial charge in [-0.3, -0.25) is 10.1 Å². The molecule has 1 heterocycles. The van der Waals surface area contributed by atoms with Crippen LogP contribution in [0.5, 0.6) is 0 Å². The van der Waals surface area contributed by atoms with Crippen molar-refractivity contribution in [3.63, 3.8) is 0 Å². The predicted octanol–water partition coefficient (Wildman–Crippen LogP) is 4.03. The van der Waals surface area contributed by atoms with Gasteiger partial charge in [0, 0.05) is 27.6 Å². The topological polar surface area (TPSA) is 106 Å². The number of pyridine rings is 1. The number of nitrogens with zero attached hydrogens (tertiary/aromatic N) is 3. The van der Waals surface area contributed by atoms with Gasteiger partial charge in [-0.2, -0.15) is 5.26 Å². The highest BCUT2D eigenvalue weighted by Gasteiger charge is 2.17. The minimum absolute atomic E-state index is 0.0636. The maximum absolute atomic E-state index is 11.0. The molecule has 23 heavy (non-hydrogen) atoms. The number of nitro groups is 1. The zero-order chi connectivity index (χ0) is 16.6. The number of nitrogen functional groups attached to an aromatic ring is 1. The molecule has 0 aliphatic rings. The van der Waals surface area contributed by atoms with Crippen molar-refractivity contribution < 1.29 is 4.92 Å². The van der Waals surface area contributed by atoms with Crippen LogP contribution in [0.15, 0.2) is 46.9 Å². The van der Waals surface area contributed by atoms with E-state index in [0.29, 0.717) is 16.5 Å². The molecule has 7 heteroatoms. The molecule has 0 atom stereocenters. The molecular formula is C16H9BrN4O2. The smallest absolute Gasteiger partial charge is 0.270 e. The van der Waals surface area contributed by atoms with Crippen LogP contribution in [0.4, 0.5) is 11.5 Å². The van der Waals surface area contributed by atoms with Crippen LogP contribution in [0, 0.1) is 21.4 Å². The molecule has 0 aliphatic heterocycles. The Balaban J connectivity index is 2.44. The number of aromatic nitrogens is 1. The van der Waals surface area contributed by atoms with E-state index in [9.17, 15) is 15.4 Å². The highest BCUT2D eigenvalue weighted by atomic mass is 79.9. The molecule has 112 valence electrons. The number of halogens is 1. The molecule has 0 aliphatic carbocycles. The second-order valence-corrected chi connectivity index (χ2v) is 5.74. The molecule has 0 spiro atoms. The van der Waals surface area contributed by atoms with Crippen molar-refractivity contribution in [3.05, 3.63) is 62.6 Å². The molecule has 0 unspecified atom stereocenters. The molecule has 1 aromatic heterocycles. The van der Waals surface area contributed by atoms with E-state index in [2.05, 4.69) is 20.9 Å². The molecule has 2 N–H and O–H groups in total. The minimum Gasteiger partial charge on any atom is -0.383 e. The van der Waals surface area contributed by atoms with E-state index in [1.165, 1.54) is 18.2 Å². The summed E-state index contributed by atoms with van der Waals surface area (Å²) < 4.78 is 0.886. The number of fused-ring (bicyclic) bond motifs is 1. The molecule has 0 amide bonds. The van der Waals surface area contributed by atoms with E-state index in [1.807, 2.05) is 30.3 Å². The number of nitro benzene ring substituents is 1. The summed E-state index contributed by atoms with van der Waals surface area (Å²) in [6, 6.07) is 13.7. The fourth-order valence-electron chi connectivity index (χ4n) is 2.41. The monoisotopic (exact) mass is 368 g/mol. The van der Waals surface area contributed by atoms with Crippen LogP contribution >= 0.6 is 15.9 Å². The number of benzene rings is 2. The number of anilines is 1. The van der Waals surface area contributed by atoms with Crippen molar-refractivity contribution in [1.82, 2.24) is 4.98 Å². The van der Waals surface area contributed by atoms with Crippen molar-refractivity contribution >= 4 is 38.3 Å². The van der Waals surface area contributed by atoms with Crippen LogP contribution in [0.1, 0.15) is 5.56 Å². The summed E-state index contributed by atoms with van der Waals surface area (Å²) >= 11 is 3.36. The molecule has 0 radical (unpaired) electrons. The summed E-state index contributed by atoms with van der Waals surface area (Å²) in [5.41, 5.74) is 7.82. The molecule has 6 nitrogen and oxygen atoms in total. The fraction of sp³-hybridized carbons (Fsp3) is 0. The van der Waals surface area contributed by atoms with Gasteiger partial charge in [0.05, 0.1) is 10.4 Å². The van der Waals surface area contributed by atoms with Gasteiger partial charge >= 0.3 is 0 Å². The van der Waals surface area contributed by atoms with E-state index >= 15 is 0 Å². The highest BCUT2D eigenvalue weighted by molar-refractivity contribution is 9.10. The zero-order valence-corrected chi connectivity index (χ0v) is 13.2. The Morgan fingerprint density at radius 3 is 2.52 bits per heavy atom. The number of hydrogen-bond donors (Lipinski definition) is 1. The van der Waals surface area contributed by atoms with Crippen molar-refractivity contribution in [2.45, 2.75) is 0 Å². The van der Waals surface area contributed by atoms with Crippen LogP contribution in [0.25, 0.3) is 22.0 Å². The first-order chi connectivity index (χ1) is 11.0. The average molecular weight is 369 g/mol. The summed E-state index contributed by atoms with van der Waals surface area (Å²) in [6.07, 6.45) is 0. The van der Waals surface area contributed by atoms with Gasteiger partial charge in [0.25, 0.3) is 5.69 Å². The second-order valence-electron chi connectivity index (χ2n) is 4.82. The maximum atomic E-state index is 11.0. The first-order valence-electron chi connectivity index (χ1n) is 6.55. The van der Waals surface area contributed by atoms with Gasteiger partial charge in [-0.15, -0.1) is 0 Å². The lowest BCUT2D eigenvalue weighted by atomic mass is 9.96. The first kappa shape index (κ1) is 14.9. The standard InChI is InChI=1S/C16H9BrN4O2/c17-10-3-1-9(2-4-10)15-12-7-11(21(22)23)5-6-14(12)20-16(19)13(15)8-18/h1-7H,(H2,19,20). The third-order valence-corrected chi connectivity index (χ3v) is 3.98. The predicted molar refractivity (Wildman–Crippen MR) is 90.7 cm³/mol. The van der Waals surface area contributed by atoms with Crippen LogP contribution in [0.2, 0.25) is 0 Å². The lowest BCUT2D eigenvalue weighted by molar-refractivity contribution is -0.384. The van der Waals surface area contributed by atoms with Gasteiger partial charge in [0.15, 0.2) is 0 Å². The number of nitriles is 1. The number of nitrogens with two attached hydrogens (primary N) is 1. The summed E-state index contributed by atoms with van der Waals surface area (Å²) in [6.45, 7) is 0. The molecule has 0 saturated heterocycles. The summed E-state index contributed by atoms with van der Waals surface area (Å²) in [5, 5.41) is 21.0. The van der Waals surface area contributed by atoms with Crippen molar-refractivity contribution in [3.8, 4) is 17.2 Å². The Kier molecular flexibility index (Phi) is 3.68. The van der Waals surface area contributed by atoms with Gasteiger partial charge in [-0.1, -0.05) is 28.1 Å². The van der Waals surface area contributed by atoms with Gasteiger partial charge in [-0.05, 0) is 23.8 Å². The molecule has 0 saturated carbocycles. The minimum atomic E-state index is -0.479.